The molecule has 1 fully saturated rings. The maximum Gasteiger partial charge on any atom is 0.215 e. The Hall–Kier alpha value is -0.660. The number of nitrogens with zero attached hydrogens (tertiary/aromatic N) is 1. The van der Waals surface area contributed by atoms with Gasteiger partial charge in [0.25, 0.3) is 0 Å². The number of rotatable bonds is 6. The summed E-state index contributed by atoms with van der Waals surface area (Å²) in [5, 5.41) is 0.478. The monoisotopic (exact) mass is 318 g/mol. The minimum absolute atomic E-state index is 0.0875. The molecule has 1 aromatic rings. The van der Waals surface area contributed by atoms with Crippen molar-refractivity contribution in [2.24, 2.45) is 0 Å². The molecule has 0 aliphatic carbocycles. The van der Waals surface area contributed by atoms with Gasteiger partial charge in [0.15, 0.2) is 0 Å². The highest BCUT2D eigenvalue weighted by atomic mass is 35.5. The third-order valence-corrected chi connectivity index (χ3v) is 4.86. The van der Waals surface area contributed by atoms with E-state index in [9.17, 15) is 8.42 Å². The minimum atomic E-state index is -3.35. The molecule has 2 rings (SSSR count). The molecule has 20 heavy (non-hydrogen) atoms. The molecule has 0 atom stereocenters. The molecule has 1 aliphatic rings. The van der Waals surface area contributed by atoms with Crippen LogP contribution in [0.4, 0.5) is 0 Å². The zero-order valence-electron chi connectivity index (χ0n) is 11.2. The van der Waals surface area contributed by atoms with E-state index in [1.54, 1.807) is 24.3 Å². The molecule has 0 unspecified atom stereocenters. The van der Waals surface area contributed by atoms with E-state index in [1.165, 1.54) is 0 Å². The number of hydrogen-bond donors (Lipinski definition) is 1. The van der Waals surface area contributed by atoms with Crippen molar-refractivity contribution >= 4 is 21.6 Å². The molecular formula is C13H19ClN2O3S. The van der Waals surface area contributed by atoms with E-state index in [-0.39, 0.29) is 5.75 Å². The van der Waals surface area contributed by atoms with E-state index < -0.39 is 10.0 Å². The molecule has 0 spiro atoms. The van der Waals surface area contributed by atoms with Crippen LogP contribution in [0.5, 0.6) is 0 Å². The van der Waals surface area contributed by atoms with Gasteiger partial charge in [-0.3, -0.25) is 4.90 Å². The number of sulfonamides is 1. The first-order valence-corrected chi connectivity index (χ1v) is 8.61. The fraction of sp³-hybridized carbons (Fsp3) is 0.538. The smallest absolute Gasteiger partial charge is 0.215 e. The number of nitrogens with one attached hydrogen (secondary N) is 1. The Kier molecular flexibility index (Phi) is 5.80. The quantitative estimate of drug-likeness (QED) is 0.853. The summed E-state index contributed by atoms with van der Waals surface area (Å²) in [7, 11) is -3.35. The van der Waals surface area contributed by atoms with Crippen molar-refractivity contribution in [3.05, 3.63) is 34.9 Å². The van der Waals surface area contributed by atoms with Crippen molar-refractivity contribution in [1.29, 1.82) is 0 Å². The van der Waals surface area contributed by atoms with Gasteiger partial charge in [0.2, 0.25) is 10.0 Å². The topological polar surface area (TPSA) is 58.6 Å². The lowest BCUT2D eigenvalue weighted by atomic mass is 10.2. The number of hydrogen-bond acceptors (Lipinski definition) is 4. The van der Waals surface area contributed by atoms with Crippen molar-refractivity contribution < 1.29 is 13.2 Å². The van der Waals surface area contributed by atoms with Crippen LogP contribution >= 0.6 is 11.6 Å². The second kappa shape index (κ2) is 7.38. The van der Waals surface area contributed by atoms with Crippen LogP contribution in [0.25, 0.3) is 0 Å². The zero-order chi connectivity index (χ0) is 14.4. The summed E-state index contributed by atoms with van der Waals surface area (Å²) < 4.78 is 31.8. The summed E-state index contributed by atoms with van der Waals surface area (Å²) in [5.74, 6) is -0.0875. The van der Waals surface area contributed by atoms with Crippen molar-refractivity contribution in [3.63, 3.8) is 0 Å². The Morgan fingerprint density at radius 1 is 1.25 bits per heavy atom. The normalized spacial score (nSPS) is 17.2. The van der Waals surface area contributed by atoms with Gasteiger partial charge in [-0.25, -0.2) is 13.1 Å². The molecule has 1 heterocycles. The molecule has 5 nitrogen and oxygen atoms in total. The highest BCUT2D eigenvalue weighted by molar-refractivity contribution is 7.88. The SMILES string of the molecule is O=S(=O)(Cc1ccccc1Cl)NCCN1CCOCC1. The van der Waals surface area contributed by atoms with E-state index in [2.05, 4.69) is 9.62 Å². The molecular weight excluding hydrogens is 300 g/mol. The van der Waals surface area contributed by atoms with Gasteiger partial charge in [-0.05, 0) is 11.6 Å². The summed E-state index contributed by atoms with van der Waals surface area (Å²) >= 11 is 5.97. The van der Waals surface area contributed by atoms with E-state index >= 15 is 0 Å². The van der Waals surface area contributed by atoms with Crippen molar-refractivity contribution in [3.8, 4) is 0 Å². The van der Waals surface area contributed by atoms with Gasteiger partial charge in [0.1, 0.15) is 0 Å². The molecule has 1 N–H and O–H groups in total. The zero-order valence-corrected chi connectivity index (χ0v) is 12.8. The standard InChI is InChI=1S/C13H19ClN2O3S/c14-13-4-2-1-3-12(13)11-20(17,18)15-5-6-16-7-9-19-10-8-16/h1-4,15H,5-11H2. The van der Waals surface area contributed by atoms with Gasteiger partial charge in [-0.1, -0.05) is 29.8 Å². The van der Waals surface area contributed by atoms with Crippen LogP contribution in [-0.2, 0) is 20.5 Å². The maximum atomic E-state index is 12.0. The van der Waals surface area contributed by atoms with E-state index in [4.69, 9.17) is 16.3 Å². The minimum Gasteiger partial charge on any atom is -0.379 e. The van der Waals surface area contributed by atoms with Crippen LogP contribution < -0.4 is 4.72 Å². The van der Waals surface area contributed by atoms with Gasteiger partial charge in [0.05, 0.1) is 19.0 Å². The average Bonchev–Trinajstić information content (AvgIpc) is 2.42. The van der Waals surface area contributed by atoms with Gasteiger partial charge < -0.3 is 4.74 Å². The summed E-state index contributed by atoms with van der Waals surface area (Å²) in [6.07, 6.45) is 0. The Morgan fingerprint density at radius 2 is 1.95 bits per heavy atom. The molecule has 0 saturated carbocycles. The Balaban J connectivity index is 1.80. The number of halogens is 1. The predicted octanol–water partition coefficient (Wildman–Crippen LogP) is 1.09. The predicted molar refractivity (Wildman–Crippen MR) is 79.3 cm³/mol. The summed E-state index contributed by atoms with van der Waals surface area (Å²) in [5.41, 5.74) is 0.619. The van der Waals surface area contributed by atoms with Crippen molar-refractivity contribution in [2.75, 3.05) is 39.4 Å². The van der Waals surface area contributed by atoms with Gasteiger partial charge in [0, 0.05) is 31.2 Å². The van der Waals surface area contributed by atoms with Gasteiger partial charge in [-0.2, -0.15) is 0 Å². The third-order valence-electron chi connectivity index (χ3n) is 3.16. The first kappa shape index (κ1) is 15.7. The molecule has 0 amide bonds. The fourth-order valence-electron chi connectivity index (χ4n) is 2.06. The summed E-state index contributed by atoms with van der Waals surface area (Å²) in [6, 6.07) is 6.98. The lowest BCUT2D eigenvalue weighted by molar-refractivity contribution is 0.0390. The highest BCUT2D eigenvalue weighted by Crippen LogP contribution is 2.17. The van der Waals surface area contributed by atoms with Crippen LogP contribution in [0.2, 0.25) is 5.02 Å². The number of ether oxygens (including phenoxy) is 1. The summed E-state index contributed by atoms with van der Waals surface area (Å²) in [4.78, 5) is 2.18. The number of benzene rings is 1. The van der Waals surface area contributed by atoms with E-state index in [0.29, 0.717) is 36.9 Å². The van der Waals surface area contributed by atoms with E-state index in [1.807, 2.05) is 0 Å². The highest BCUT2D eigenvalue weighted by Gasteiger charge is 2.15. The first-order valence-electron chi connectivity index (χ1n) is 6.58. The van der Waals surface area contributed by atoms with Gasteiger partial charge >= 0.3 is 0 Å². The summed E-state index contributed by atoms with van der Waals surface area (Å²) in [6.45, 7) is 4.25. The van der Waals surface area contributed by atoms with Crippen LogP contribution in [0, 0.1) is 0 Å². The lowest BCUT2D eigenvalue weighted by Crippen LogP contribution is -2.41. The molecule has 112 valence electrons. The Morgan fingerprint density at radius 3 is 2.65 bits per heavy atom. The van der Waals surface area contributed by atoms with Crippen LogP contribution in [-0.4, -0.2) is 52.7 Å². The maximum absolute atomic E-state index is 12.0. The van der Waals surface area contributed by atoms with Crippen molar-refractivity contribution in [1.82, 2.24) is 9.62 Å². The Bertz CT molecular complexity index is 530. The largest absolute Gasteiger partial charge is 0.379 e. The van der Waals surface area contributed by atoms with E-state index in [0.717, 1.165) is 13.1 Å². The molecule has 0 bridgehead atoms. The number of morpholine rings is 1. The molecule has 1 saturated heterocycles. The van der Waals surface area contributed by atoms with Crippen LogP contribution in [0.15, 0.2) is 24.3 Å². The molecule has 7 heteroatoms. The molecule has 1 aliphatic heterocycles. The fourth-order valence-corrected chi connectivity index (χ4v) is 3.50. The average molecular weight is 319 g/mol. The Labute approximate surface area is 124 Å². The first-order chi connectivity index (χ1) is 9.57. The van der Waals surface area contributed by atoms with Crippen LogP contribution in [0.3, 0.4) is 0 Å². The third kappa shape index (κ3) is 5.03. The molecule has 1 aromatic carbocycles. The van der Waals surface area contributed by atoms with Gasteiger partial charge in [-0.15, -0.1) is 0 Å². The van der Waals surface area contributed by atoms with Crippen molar-refractivity contribution in [2.45, 2.75) is 5.75 Å². The molecule has 0 radical (unpaired) electrons. The van der Waals surface area contributed by atoms with Crippen LogP contribution in [0.1, 0.15) is 5.56 Å². The molecule has 0 aromatic heterocycles. The lowest BCUT2D eigenvalue weighted by Gasteiger charge is -2.26. The second-order valence-corrected chi connectivity index (χ2v) is 6.91. The second-order valence-electron chi connectivity index (χ2n) is 4.70.